The van der Waals surface area contributed by atoms with E-state index in [2.05, 4.69) is 358 Å². The van der Waals surface area contributed by atoms with Gasteiger partial charge in [0.05, 0.1) is 5.41 Å². The molecule has 0 radical (unpaired) electrons. The van der Waals surface area contributed by atoms with Gasteiger partial charge in [0.2, 0.25) is 0 Å². The molecule has 428 valence electrons. The van der Waals surface area contributed by atoms with Gasteiger partial charge in [-0.3, -0.25) is 0 Å². The first-order chi connectivity index (χ1) is 42.1. The van der Waals surface area contributed by atoms with Crippen LogP contribution in [0.15, 0.2) is 267 Å². The number of fused-ring (bicyclic) bond motifs is 10. The van der Waals surface area contributed by atoms with Gasteiger partial charge in [-0.1, -0.05) is 219 Å². The Morgan fingerprint density at radius 2 is 0.310 bits per heavy atom. The van der Waals surface area contributed by atoms with E-state index in [-0.39, 0.29) is 0 Å². The lowest BCUT2D eigenvalue weighted by Gasteiger charge is -2.34. The van der Waals surface area contributed by atoms with Crippen LogP contribution in [0.2, 0.25) is 0 Å². The van der Waals surface area contributed by atoms with Gasteiger partial charge in [-0.25, -0.2) is 0 Å². The molecule has 0 unspecified atom stereocenters. The predicted molar refractivity (Wildman–Crippen MR) is 372 cm³/mol. The van der Waals surface area contributed by atoms with Gasteiger partial charge >= 0.3 is 0 Å². The van der Waals surface area contributed by atoms with Crippen LogP contribution in [0.5, 0.6) is 0 Å². The lowest BCUT2D eigenvalue weighted by atomic mass is 9.70. The Balaban J connectivity index is 0.000000402. The summed E-state index contributed by atoms with van der Waals surface area (Å²) in [6.45, 7) is 23.6. The third-order valence-corrected chi connectivity index (χ3v) is 17.3. The maximum atomic E-state index is 2.51. The summed E-state index contributed by atoms with van der Waals surface area (Å²) in [5.41, 5.74) is 33.5. The number of rotatable bonds is 9. The van der Waals surface area contributed by atoms with E-state index in [1.807, 2.05) is 0 Å². The van der Waals surface area contributed by atoms with E-state index < -0.39 is 5.41 Å². The predicted octanol–water partition coefficient (Wildman–Crippen LogP) is 23.2. The first-order valence-corrected chi connectivity index (χ1v) is 30.5. The normalized spacial score (nSPS) is 11.9. The van der Waals surface area contributed by atoms with Crippen LogP contribution < -0.4 is 14.7 Å². The van der Waals surface area contributed by atoms with Crippen molar-refractivity contribution in [2.24, 2.45) is 0 Å². The molecule has 87 heavy (non-hydrogen) atoms. The Morgan fingerprint density at radius 1 is 0.161 bits per heavy atom. The average molecular weight is 1130 g/mol. The maximum absolute atomic E-state index is 2.51. The van der Waals surface area contributed by atoms with Crippen molar-refractivity contribution in [1.29, 1.82) is 0 Å². The Labute approximate surface area is 517 Å². The molecular formula is C84H77N3. The van der Waals surface area contributed by atoms with Crippen molar-refractivity contribution in [1.82, 2.24) is 0 Å². The first kappa shape index (κ1) is 57.5. The lowest BCUT2D eigenvalue weighted by molar-refractivity contribution is 0.792. The Bertz CT molecular complexity index is 3870. The van der Waals surface area contributed by atoms with Crippen molar-refractivity contribution in [3.05, 3.63) is 350 Å². The fourth-order valence-corrected chi connectivity index (χ4v) is 12.5. The summed E-state index contributed by atoms with van der Waals surface area (Å²) in [6.07, 6.45) is 0. The molecule has 0 amide bonds. The molecule has 0 heterocycles. The minimum absolute atomic E-state index is 0.686. The summed E-state index contributed by atoms with van der Waals surface area (Å²) >= 11 is 0. The van der Waals surface area contributed by atoms with Crippen LogP contribution in [-0.2, 0) is 5.41 Å². The fourth-order valence-electron chi connectivity index (χ4n) is 12.5. The smallest absolute Gasteiger partial charge is 0.0727 e. The monoisotopic (exact) mass is 1130 g/mol. The highest BCUT2D eigenvalue weighted by molar-refractivity contribution is 5.99. The molecular weight excluding hydrogens is 1050 g/mol. The van der Waals surface area contributed by atoms with Crippen LogP contribution in [0.4, 0.5) is 51.2 Å². The molecule has 0 fully saturated rings. The molecule has 0 bridgehead atoms. The van der Waals surface area contributed by atoms with E-state index in [9.17, 15) is 0 Å². The summed E-state index contributed by atoms with van der Waals surface area (Å²) in [7, 11) is 0. The van der Waals surface area contributed by atoms with Gasteiger partial charge in [0.25, 0.3) is 0 Å². The minimum atomic E-state index is -0.686. The van der Waals surface area contributed by atoms with Crippen LogP contribution in [0.3, 0.4) is 0 Å². The number of aryl methyl sites for hydroxylation is 11. The van der Waals surface area contributed by atoms with Crippen molar-refractivity contribution in [3.8, 4) is 22.3 Å². The molecule has 2 aliphatic rings. The second-order valence-electron chi connectivity index (χ2n) is 24.3. The van der Waals surface area contributed by atoms with Crippen LogP contribution in [0.1, 0.15) is 83.5 Å². The topological polar surface area (TPSA) is 9.72 Å². The maximum Gasteiger partial charge on any atom is 0.0727 e. The number of anilines is 9. The molecule has 0 saturated heterocycles. The Kier molecular flexibility index (Phi) is 16.0. The number of benzene rings is 12. The molecule has 3 heteroatoms. The number of nitrogens with zero attached hydrogens (tertiary/aromatic N) is 3. The van der Waals surface area contributed by atoms with Crippen molar-refractivity contribution in [2.45, 2.75) is 81.6 Å². The van der Waals surface area contributed by atoms with Gasteiger partial charge in [-0.05, 0) is 230 Å². The highest BCUT2D eigenvalue weighted by atomic mass is 15.2. The summed E-state index contributed by atoms with van der Waals surface area (Å²) in [5.74, 6) is 0. The van der Waals surface area contributed by atoms with E-state index in [4.69, 9.17) is 0 Å². The second-order valence-corrected chi connectivity index (χ2v) is 24.3. The van der Waals surface area contributed by atoms with Gasteiger partial charge in [-0.2, -0.15) is 0 Å². The van der Waals surface area contributed by atoms with Gasteiger partial charge in [0.1, 0.15) is 0 Å². The molecule has 0 aromatic heterocycles. The van der Waals surface area contributed by atoms with E-state index in [0.29, 0.717) is 0 Å². The zero-order chi connectivity index (χ0) is 60.5. The zero-order valence-corrected chi connectivity index (χ0v) is 52.2. The van der Waals surface area contributed by atoms with Crippen molar-refractivity contribution in [2.75, 3.05) is 14.7 Å². The van der Waals surface area contributed by atoms with Gasteiger partial charge in [0, 0.05) is 51.2 Å². The minimum Gasteiger partial charge on any atom is -0.310 e. The average Bonchev–Trinajstić information content (AvgIpc) is 1.51. The summed E-state index contributed by atoms with van der Waals surface area (Å²) < 4.78 is 0. The van der Waals surface area contributed by atoms with Gasteiger partial charge in [-0.15, -0.1) is 0 Å². The third kappa shape index (κ3) is 11.5. The highest BCUT2D eigenvalue weighted by Crippen LogP contribution is 2.65. The van der Waals surface area contributed by atoms with Crippen molar-refractivity contribution >= 4 is 51.2 Å². The molecule has 1 spiro atoms. The Morgan fingerprint density at radius 3 is 0.517 bits per heavy atom. The second kappa shape index (κ2) is 24.2. The first-order valence-electron chi connectivity index (χ1n) is 30.5. The third-order valence-electron chi connectivity index (χ3n) is 17.3. The molecule has 0 aliphatic heterocycles. The van der Waals surface area contributed by atoms with Crippen molar-refractivity contribution < 1.29 is 0 Å². The van der Waals surface area contributed by atoms with Crippen LogP contribution in [0.25, 0.3) is 22.3 Å². The number of hydrogen-bond donors (Lipinski definition) is 0. The van der Waals surface area contributed by atoms with E-state index in [0.717, 1.165) is 51.2 Å². The molecule has 0 N–H and O–H groups in total. The summed E-state index contributed by atoms with van der Waals surface area (Å²) in [5, 5.41) is 0. The SMILES string of the molecule is Cc1ccc(C)cc1.Cc1ccc(C)cc1.Cc1ccc(N(c2ccc(C)cc2)c2ccc3c(c2)C2(c4cc(C)ccc4-3)c3cc(N(c4ccc(C)cc4)c4ccc(C)cc4)ccc3-c3ccc(N(c4ccc(C)cc4)c4ccc(C)cc4)cc32)cc1. The highest BCUT2D eigenvalue weighted by Gasteiger charge is 2.52. The molecule has 12 aromatic rings. The molecule has 3 nitrogen and oxygen atoms in total. The van der Waals surface area contributed by atoms with Crippen molar-refractivity contribution in [3.63, 3.8) is 0 Å². The number of hydrogen-bond acceptors (Lipinski definition) is 3. The fraction of sp³-hybridized carbons (Fsp3) is 0.143. The largest absolute Gasteiger partial charge is 0.310 e. The summed E-state index contributed by atoms with van der Waals surface area (Å²) in [4.78, 5) is 7.28. The van der Waals surface area contributed by atoms with Crippen LogP contribution in [0, 0.1) is 76.2 Å². The standard InChI is InChI=1S/C68H57N3.2C8H10/c1-44-8-21-51(22-9-44)69(52-23-10-45(2)11-24-52)57-33-37-61-60-36-20-50(7)40-64(60)68(65(61)41-57)66-42-58(70(53-25-12-46(3)13-26-53)54-27-14-47(4)15-28-54)34-38-62(66)63-39-35-59(43-67(63)68)71(55-29-16-48(5)17-30-55)56-31-18-49(6)19-32-56;2*1-7-3-5-8(2)6-4-7/h8-43H,1-7H3;2*3-6H,1-2H3. The molecule has 0 saturated carbocycles. The molecule has 14 rings (SSSR count). The van der Waals surface area contributed by atoms with E-state index >= 15 is 0 Å². The van der Waals surface area contributed by atoms with Gasteiger partial charge < -0.3 is 14.7 Å². The van der Waals surface area contributed by atoms with Gasteiger partial charge in [0.15, 0.2) is 0 Å². The Hall–Kier alpha value is -9.96. The van der Waals surface area contributed by atoms with E-state index in [1.54, 1.807) is 0 Å². The van der Waals surface area contributed by atoms with E-state index in [1.165, 1.54) is 106 Å². The zero-order valence-electron chi connectivity index (χ0n) is 52.2. The van der Waals surface area contributed by atoms with Crippen LogP contribution >= 0.6 is 0 Å². The lowest BCUT2D eigenvalue weighted by Crippen LogP contribution is -2.27. The molecule has 2 aliphatic carbocycles. The van der Waals surface area contributed by atoms with Crippen LogP contribution in [-0.4, -0.2) is 0 Å². The molecule has 0 atom stereocenters. The molecule has 12 aromatic carbocycles. The summed E-state index contributed by atoms with van der Waals surface area (Å²) in [6, 6.07) is 99.5. The quantitative estimate of drug-likeness (QED) is 0.143.